The second kappa shape index (κ2) is 5.69. The second-order valence-electron chi connectivity index (χ2n) is 5.53. The van der Waals surface area contributed by atoms with Crippen LogP contribution in [-0.2, 0) is 0 Å². The van der Waals surface area contributed by atoms with E-state index in [1.165, 1.54) is 6.39 Å². The predicted octanol–water partition coefficient (Wildman–Crippen LogP) is 2.21. The van der Waals surface area contributed by atoms with Gasteiger partial charge in [0.2, 0.25) is 0 Å². The Labute approximate surface area is 123 Å². The molecule has 1 saturated heterocycles. The van der Waals surface area contributed by atoms with Gasteiger partial charge in [-0.3, -0.25) is 4.79 Å². The summed E-state index contributed by atoms with van der Waals surface area (Å²) in [5.74, 6) is 0.459. The maximum atomic E-state index is 12.6. The van der Waals surface area contributed by atoms with Gasteiger partial charge in [-0.1, -0.05) is 29.8 Å². The molecule has 0 bridgehead atoms. The van der Waals surface area contributed by atoms with E-state index < -0.39 is 0 Å². The normalized spacial score (nSPS) is 16.2. The number of rotatable bonds is 2. The van der Waals surface area contributed by atoms with Gasteiger partial charge < -0.3 is 15.1 Å². The Morgan fingerprint density at radius 2 is 1.95 bits per heavy atom. The number of hydrogen-bond donors (Lipinski definition) is 1. The minimum absolute atomic E-state index is 0.0776. The van der Waals surface area contributed by atoms with Crippen LogP contribution in [0.4, 0.5) is 0 Å². The first-order chi connectivity index (χ1) is 10.1. The highest BCUT2D eigenvalue weighted by atomic mass is 16.3. The van der Waals surface area contributed by atoms with Crippen molar-refractivity contribution >= 4 is 5.91 Å². The Balaban J connectivity index is 1.85. The standard InChI is InChI=1S/C16H19N3O2/c1-11-2-4-12(5-3-11)15-14(18-10-21-15)16(20)19-8-6-13(17)7-9-19/h2-5,10,13H,6-9,17H2,1H3. The lowest BCUT2D eigenvalue weighted by molar-refractivity contribution is 0.0710. The first-order valence-corrected chi connectivity index (χ1v) is 7.20. The summed E-state index contributed by atoms with van der Waals surface area (Å²) in [5.41, 5.74) is 8.30. The lowest BCUT2D eigenvalue weighted by Gasteiger charge is -2.29. The molecule has 2 N–H and O–H groups in total. The molecule has 3 rings (SSSR count). The number of carbonyl (C=O) groups excluding carboxylic acids is 1. The monoisotopic (exact) mass is 285 g/mol. The van der Waals surface area contributed by atoms with Crippen LogP contribution >= 0.6 is 0 Å². The van der Waals surface area contributed by atoms with E-state index in [-0.39, 0.29) is 11.9 Å². The molecule has 110 valence electrons. The van der Waals surface area contributed by atoms with Crippen LogP contribution in [0.15, 0.2) is 35.1 Å². The molecule has 0 aliphatic carbocycles. The number of piperidine rings is 1. The molecule has 1 amide bonds. The fraction of sp³-hybridized carbons (Fsp3) is 0.375. The van der Waals surface area contributed by atoms with Crippen LogP contribution in [0.5, 0.6) is 0 Å². The number of aromatic nitrogens is 1. The molecule has 1 aliphatic rings. The highest BCUT2D eigenvalue weighted by Crippen LogP contribution is 2.25. The maximum absolute atomic E-state index is 12.6. The van der Waals surface area contributed by atoms with E-state index in [4.69, 9.17) is 10.2 Å². The molecule has 1 aromatic carbocycles. The third-order valence-electron chi connectivity index (χ3n) is 3.91. The van der Waals surface area contributed by atoms with Gasteiger partial charge in [0, 0.05) is 24.7 Å². The van der Waals surface area contributed by atoms with E-state index in [9.17, 15) is 4.79 Å². The van der Waals surface area contributed by atoms with Crippen molar-refractivity contribution < 1.29 is 9.21 Å². The number of nitrogens with zero attached hydrogens (tertiary/aromatic N) is 2. The summed E-state index contributed by atoms with van der Waals surface area (Å²) >= 11 is 0. The fourth-order valence-corrected chi connectivity index (χ4v) is 2.56. The quantitative estimate of drug-likeness (QED) is 0.918. The number of nitrogens with two attached hydrogens (primary N) is 1. The van der Waals surface area contributed by atoms with E-state index in [1.807, 2.05) is 31.2 Å². The zero-order valence-electron chi connectivity index (χ0n) is 12.1. The number of benzene rings is 1. The minimum atomic E-state index is -0.0776. The van der Waals surface area contributed by atoms with Gasteiger partial charge in [0.05, 0.1) is 0 Å². The van der Waals surface area contributed by atoms with Crippen LogP contribution in [0.2, 0.25) is 0 Å². The van der Waals surface area contributed by atoms with Crippen LogP contribution in [0.1, 0.15) is 28.9 Å². The molecule has 21 heavy (non-hydrogen) atoms. The number of carbonyl (C=O) groups is 1. The molecule has 0 spiro atoms. The minimum Gasteiger partial charge on any atom is -0.443 e. The Morgan fingerprint density at radius 3 is 2.62 bits per heavy atom. The summed E-state index contributed by atoms with van der Waals surface area (Å²) < 4.78 is 5.44. The van der Waals surface area contributed by atoms with E-state index in [0.717, 1.165) is 24.0 Å². The fourth-order valence-electron chi connectivity index (χ4n) is 2.56. The van der Waals surface area contributed by atoms with Crippen molar-refractivity contribution in [3.8, 4) is 11.3 Å². The topological polar surface area (TPSA) is 72.4 Å². The number of likely N-dealkylation sites (tertiary alicyclic amines) is 1. The predicted molar refractivity (Wildman–Crippen MR) is 79.8 cm³/mol. The molecule has 0 radical (unpaired) electrons. The summed E-state index contributed by atoms with van der Waals surface area (Å²) in [6.45, 7) is 3.38. The number of amides is 1. The van der Waals surface area contributed by atoms with Gasteiger partial charge in [-0.2, -0.15) is 0 Å². The molecule has 5 heteroatoms. The smallest absolute Gasteiger partial charge is 0.276 e. The molecule has 1 aromatic heterocycles. The van der Waals surface area contributed by atoms with Gasteiger partial charge in [-0.25, -0.2) is 4.98 Å². The SMILES string of the molecule is Cc1ccc(-c2ocnc2C(=O)N2CCC(N)CC2)cc1. The molecule has 1 aliphatic heterocycles. The van der Waals surface area contributed by atoms with E-state index in [2.05, 4.69) is 4.98 Å². The second-order valence-corrected chi connectivity index (χ2v) is 5.53. The molecule has 5 nitrogen and oxygen atoms in total. The average molecular weight is 285 g/mol. The third-order valence-corrected chi connectivity index (χ3v) is 3.91. The molecule has 2 heterocycles. The largest absolute Gasteiger partial charge is 0.443 e. The Morgan fingerprint density at radius 1 is 1.29 bits per heavy atom. The van der Waals surface area contributed by atoms with Crippen LogP contribution in [0.25, 0.3) is 11.3 Å². The third kappa shape index (κ3) is 2.83. The van der Waals surface area contributed by atoms with Crippen LogP contribution < -0.4 is 5.73 Å². The summed E-state index contributed by atoms with van der Waals surface area (Å²) in [7, 11) is 0. The zero-order valence-corrected chi connectivity index (χ0v) is 12.1. The highest BCUT2D eigenvalue weighted by Gasteiger charge is 2.26. The van der Waals surface area contributed by atoms with Crippen LogP contribution in [0, 0.1) is 6.92 Å². The number of hydrogen-bond acceptors (Lipinski definition) is 4. The van der Waals surface area contributed by atoms with Crippen molar-refractivity contribution in [1.82, 2.24) is 9.88 Å². The Bertz CT molecular complexity index is 625. The van der Waals surface area contributed by atoms with Crippen molar-refractivity contribution in [1.29, 1.82) is 0 Å². The molecule has 1 fully saturated rings. The number of oxazole rings is 1. The molecular formula is C16H19N3O2. The van der Waals surface area contributed by atoms with Crippen molar-refractivity contribution in [2.45, 2.75) is 25.8 Å². The summed E-state index contributed by atoms with van der Waals surface area (Å²) in [4.78, 5) is 18.5. The molecule has 0 atom stereocenters. The van der Waals surface area contributed by atoms with Crippen molar-refractivity contribution in [2.75, 3.05) is 13.1 Å². The first kappa shape index (κ1) is 13.8. The first-order valence-electron chi connectivity index (χ1n) is 7.20. The van der Waals surface area contributed by atoms with E-state index >= 15 is 0 Å². The van der Waals surface area contributed by atoms with Crippen molar-refractivity contribution in [3.05, 3.63) is 41.9 Å². The van der Waals surface area contributed by atoms with Gasteiger partial charge in [-0.05, 0) is 19.8 Å². The average Bonchev–Trinajstić information content (AvgIpc) is 2.97. The Kier molecular flexibility index (Phi) is 3.75. The van der Waals surface area contributed by atoms with Crippen LogP contribution in [-0.4, -0.2) is 34.9 Å². The molecular weight excluding hydrogens is 266 g/mol. The molecule has 2 aromatic rings. The van der Waals surface area contributed by atoms with Gasteiger partial charge in [-0.15, -0.1) is 0 Å². The lowest BCUT2D eigenvalue weighted by Crippen LogP contribution is -2.43. The highest BCUT2D eigenvalue weighted by molar-refractivity contribution is 5.97. The Hall–Kier alpha value is -2.14. The summed E-state index contributed by atoms with van der Waals surface area (Å²) in [6, 6.07) is 8.07. The van der Waals surface area contributed by atoms with Gasteiger partial charge in [0.25, 0.3) is 5.91 Å². The molecule has 0 unspecified atom stereocenters. The zero-order chi connectivity index (χ0) is 14.8. The summed E-state index contributed by atoms with van der Waals surface area (Å²) in [5, 5.41) is 0. The summed E-state index contributed by atoms with van der Waals surface area (Å²) in [6.07, 6.45) is 3.00. The molecule has 0 saturated carbocycles. The van der Waals surface area contributed by atoms with Gasteiger partial charge in [0.15, 0.2) is 17.8 Å². The van der Waals surface area contributed by atoms with Crippen molar-refractivity contribution in [3.63, 3.8) is 0 Å². The van der Waals surface area contributed by atoms with Crippen LogP contribution in [0.3, 0.4) is 0 Å². The van der Waals surface area contributed by atoms with Gasteiger partial charge >= 0.3 is 0 Å². The van der Waals surface area contributed by atoms with Gasteiger partial charge in [0.1, 0.15) is 0 Å². The van der Waals surface area contributed by atoms with E-state index in [1.54, 1.807) is 4.90 Å². The number of aryl methyl sites for hydroxylation is 1. The maximum Gasteiger partial charge on any atom is 0.276 e. The van der Waals surface area contributed by atoms with Crippen molar-refractivity contribution in [2.24, 2.45) is 5.73 Å². The van der Waals surface area contributed by atoms with E-state index in [0.29, 0.717) is 24.5 Å². The lowest BCUT2D eigenvalue weighted by atomic mass is 10.0.